The molecule has 5 nitrogen and oxygen atoms in total. The Morgan fingerprint density at radius 2 is 1.88 bits per heavy atom. The zero-order valence-electron chi connectivity index (χ0n) is 13.8. The molecule has 1 aromatic rings. The summed E-state index contributed by atoms with van der Waals surface area (Å²) in [7, 11) is -3.73. The predicted molar refractivity (Wildman–Crippen MR) is 92.5 cm³/mol. The van der Waals surface area contributed by atoms with E-state index < -0.39 is 27.0 Å². The van der Waals surface area contributed by atoms with Gasteiger partial charge in [-0.2, -0.15) is 0 Å². The lowest BCUT2D eigenvalue weighted by atomic mass is 9.98. The Hall–Kier alpha value is -1.18. The van der Waals surface area contributed by atoms with E-state index in [1.54, 1.807) is 0 Å². The molecule has 2 fully saturated rings. The van der Waals surface area contributed by atoms with Crippen LogP contribution in [0.1, 0.15) is 60.9 Å². The number of hydrogen-bond acceptors (Lipinski definition) is 4. The standard InChI is InChI=1S/C17H21ClFNO4S/c18-15-9-14(17(21)20-25(22,23)13-6-7-13)16(19)8-11(15)10-24-12-4-2-1-3-5-12/h8-9,12-13H,1-7,10H2,(H,20,21). The second-order valence-corrected chi connectivity index (χ2v) is 9.04. The van der Waals surface area contributed by atoms with Gasteiger partial charge in [-0.3, -0.25) is 4.79 Å². The number of ether oxygens (including phenoxy) is 1. The van der Waals surface area contributed by atoms with E-state index >= 15 is 0 Å². The molecule has 2 aliphatic rings. The zero-order valence-corrected chi connectivity index (χ0v) is 15.3. The lowest BCUT2D eigenvalue weighted by molar-refractivity contribution is 0.0168. The highest BCUT2D eigenvalue weighted by Crippen LogP contribution is 2.28. The van der Waals surface area contributed by atoms with Gasteiger partial charge >= 0.3 is 0 Å². The van der Waals surface area contributed by atoms with E-state index in [4.69, 9.17) is 16.3 Å². The molecule has 0 aromatic heterocycles. The van der Waals surface area contributed by atoms with Gasteiger partial charge in [-0.05, 0) is 43.4 Å². The van der Waals surface area contributed by atoms with Gasteiger partial charge in [0.15, 0.2) is 0 Å². The number of nitrogens with one attached hydrogen (secondary N) is 1. The van der Waals surface area contributed by atoms with Crippen LogP contribution < -0.4 is 4.72 Å². The van der Waals surface area contributed by atoms with Crippen molar-refractivity contribution in [1.29, 1.82) is 0 Å². The highest BCUT2D eigenvalue weighted by Gasteiger charge is 2.37. The Kier molecular flexibility index (Phi) is 5.65. The minimum atomic E-state index is -3.73. The number of carbonyl (C=O) groups excluding carboxylic acids is 1. The maximum absolute atomic E-state index is 14.3. The second-order valence-electron chi connectivity index (χ2n) is 6.67. The van der Waals surface area contributed by atoms with Gasteiger partial charge in [-0.15, -0.1) is 0 Å². The van der Waals surface area contributed by atoms with Crippen molar-refractivity contribution < 1.29 is 22.3 Å². The molecular weight excluding hydrogens is 369 g/mol. The summed E-state index contributed by atoms with van der Waals surface area (Å²) >= 11 is 6.13. The van der Waals surface area contributed by atoms with Crippen molar-refractivity contribution in [2.45, 2.75) is 62.9 Å². The number of sulfonamides is 1. The summed E-state index contributed by atoms with van der Waals surface area (Å²) < 4.78 is 45.6. The summed E-state index contributed by atoms with van der Waals surface area (Å²) in [6.45, 7) is 0.169. The number of amides is 1. The number of halogens is 2. The first kappa shape index (κ1) is 18.6. The molecule has 2 aliphatic carbocycles. The fourth-order valence-electron chi connectivity index (χ4n) is 2.96. The molecule has 8 heteroatoms. The molecule has 0 radical (unpaired) electrons. The van der Waals surface area contributed by atoms with Crippen LogP contribution in [-0.4, -0.2) is 25.7 Å². The van der Waals surface area contributed by atoms with Gasteiger partial charge in [0.05, 0.1) is 23.5 Å². The quantitative estimate of drug-likeness (QED) is 0.807. The fourth-order valence-corrected chi connectivity index (χ4v) is 4.47. The summed E-state index contributed by atoms with van der Waals surface area (Å²) in [6.07, 6.45) is 6.62. The van der Waals surface area contributed by atoms with E-state index in [2.05, 4.69) is 0 Å². The molecule has 1 amide bonds. The van der Waals surface area contributed by atoms with E-state index in [-0.39, 0.29) is 23.3 Å². The molecule has 0 saturated heterocycles. The molecule has 0 atom stereocenters. The van der Waals surface area contributed by atoms with Gasteiger partial charge in [0.25, 0.3) is 5.91 Å². The summed E-state index contributed by atoms with van der Waals surface area (Å²) in [5.74, 6) is -1.80. The van der Waals surface area contributed by atoms with Gasteiger partial charge in [0.1, 0.15) is 5.82 Å². The van der Waals surface area contributed by atoms with Crippen molar-refractivity contribution in [3.05, 3.63) is 34.1 Å². The van der Waals surface area contributed by atoms with Crippen molar-refractivity contribution in [3.8, 4) is 0 Å². The SMILES string of the molecule is O=C(NS(=O)(=O)C1CC1)c1cc(Cl)c(COC2CCCCC2)cc1F. The largest absolute Gasteiger partial charge is 0.373 e. The summed E-state index contributed by atoms with van der Waals surface area (Å²) in [5.41, 5.74) is 0.0713. The second kappa shape index (κ2) is 7.60. The highest BCUT2D eigenvalue weighted by atomic mass is 35.5. The summed E-state index contributed by atoms with van der Waals surface area (Å²) in [5, 5.41) is -0.371. The van der Waals surface area contributed by atoms with Crippen molar-refractivity contribution in [2.75, 3.05) is 0 Å². The molecule has 25 heavy (non-hydrogen) atoms. The minimum Gasteiger partial charge on any atom is -0.373 e. The Balaban J connectivity index is 1.67. The van der Waals surface area contributed by atoms with E-state index in [0.29, 0.717) is 18.4 Å². The average Bonchev–Trinajstić information content (AvgIpc) is 3.41. The molecule has 0 heterocycles. The third-order valence-electron chi connectivity index (χ3n) is 4.61. The highest BCUT2D eigenvalue weighted by molar-refractivity contribution is 7.91. The predicted octanol–water partition coefficient (Wildman–Crippen LogP) is 3.55. The fraction of sp³-hybridized carbons (Fsp3) is 0.588. The van der Waals surface area contributed by atoms with Crippen molar-refractivity contribution in [2.24, 2.45) is 0 Å². The molecule has 0 bridgehead atoms. The van der Waals surface area contributed by atoms with Gasteiger partial charge in [0.2, 0.25) is 10.0 Å². The van der Waals surface area contributed by atoms with Gasteiger partial charge in [-0.25, -0.2) is 17.5 Å². The third-order valence-corrected chi connectivity index (χ3v) is 6.78. The lowest BCUT2D eigenvalue weighted by Crippen LogP contribution is -2.33. The number of hydrogen-bond donors (Lipinski definition) is 1. The number of carbonyl (C=O) groups is 1. The van der Waals surface area contributed by atoms with Crippen LogP contribution in [0.25, 0.3) is 0 Å². The zero-order chi connectivity index (χ0) is 18.0. The smallest absolute Gasteiger partial charge is 0.267 e. The summed E-state index contributed by atoms with van der Waals surface area (Å²) in [6, 6.07) is 2.30. The van der Waals surface area contributed by atoms with Crippen LogP contribution in [0.15, 0.2) is 12.1 Å². The van der Waals surface area contributed by atoms with Gasteiger partial charge in [0, 0.05) is 5.02 Å². The van der Waals surface area contributed by atoms with E-state index in [0.717, 1.165) is 37.8 Å². The van der Waals surface area contributed by atoms with E-state index in [9.17, 15) is 17.6 Å². The first-order chi connectivity index (χ1) is 11.9. The first-order valence-corrected chi connectivity index (χ1v) is 10.4. The number of rotatable bonds is 6. The molecule has 1 N–H and O–H groups in total. The van der Waals surface area contributed by atoms with Crippen molar-refractivity contribution in [3.63, 3.8) is 0 Å². The molecular formula is C17H21ClFNO4S. The van der Waals surface area contributed by atoms with Crippen LogP contribution in [0.2, 0.25) is 5.02 Å². The van der Waals surface area contributed by atoms with Crippen LogP contribution in [0, 0.1) is 5.82 Å². The van der Waals surface area contributed by atoms with Crippen LogP contribution in [0.4, 0.5) is 4.39 Å². The summed E-state index contributed by atoms with van der Waals surface area (Å²) in [4.78, 5) is 12.1. The van der Waals surface area contributed by atoms with Crippen LogP contribution in [-0.2, 0) is 21.4 Å². The first-order valence-electron chi connectivity index (χ1n) is 8.52. The monoisotopic (exact) mass is 389 g/mol. The third kappa shape index (κ3) is 4.71. The number of benzene rings is 1. The Morgan fingerprint density at radius 1 is 1.20 bits per heavy atom. The Labute approximate surface area is 151 Å². The van der Waals surface area contributed by atoms with Crippen LogP contribution in [0.5, 0.6) is 0 Å². The lowest BCUT2D eigenvalue weighted by Gasteiger charge is -2.22. The topological polar surface area (TPSA) is 72.5 Å². The maximum Gasteiger partial charge on any atom is 0.267 e. The van der Waals surface area contributed by atoms with E-state index in [1.807, 2.05) is 4.72 Å². The molecule has 2 saturated carbocycles. The molecule has 1 aromatic carbocycles. The molecule has 3 rings (SSSR count). The minimum absolute atomic E-state index is 0.152. The van der Waals surface area contributed by atoms with Gasteiger partial charge < -0.3 is 4.74 Å². The van der Waals surface area contributed by atoms with Crippen molar-refractivity contribution >= 4 is 27.5 Å². The van der Waals surface area contributed by atoms with Crippen molar-refractivity contribution in [1.82, 2.24) is 4.72 Å². The molecule has 138 valence electrons. The molecule has 0 aliphatic heterocycles. The van der Waals surface area contributed by atoms with E-state index in [1.165, 1.54) is 6.42 Å². The maximum atomic E-state index is 14.3. The Bertz CT molecular complexity index is 758. The average molecular weight is 390 g/mol. The normalized spacial score (nSPS) is 19.0. The van der Waals surface area contributed by atoms with Crippen LogP contribution in [0.3, 0.4) is 0 Å². The van der Waals surface area contributed by atoms with Crippen LogP contribution >= 0.6 is 11.6 Å². The van der Waals surface area contributed by atoms with Gasteiger partial charge in [-0.1, -0.05) is 30.9 Å². The Morgan fingerprint density at radius 3 is 2.52 bits per heavy atom. The molecule has 0 spiro atoms. The molecule has 0 unspecified atom stereocenters.